The third kappa shape index (κ3) is 3.00. The Morgan fingerprint density at radius 2 is 2.08 bits per heavy atom. The van der Waals surface area contributed by atoms with Crippen LogP contribution in [0, 0.1) is 0 Å². The summed E-state index contributed by atoms with van der Waals surface area (Å²) in [7, 11) is 0. The van der Waals surface area contributed by atoms with Gasteiger partial charge in [0.05, 0.1) is 0 Å². The summed E-state index contributed by atoms with van der Waals surface area (Å²) >= 11 is 0. The number of carbonyl (C=O) groups is 3. The van der Waals surface area contributed by atoms with Crippen molar-refractivity contribution in [2.75, 3.05) is 19.6 Å². The molecule has 3 aliphatic heterocycles. The summed E-state index contributed by atoms with van der Waals surface area (Å²) in [4.78, 5) is 38.0. The van der Waals surface area contributed by atoms with E-state index >= 15 is 0 Å². The van der Waals surface area contributed by atoms with Crippen molar-refractivity contribution in [3.63, 3.8) is 0 Å². The summed E-state index contributed by atoms with van der Waals surface area (Å²) in [6.07, 6.45) is 0.607. The van der Waals surface area contributed by atoms with E-state index < -0.39 is 17.6 Å². The predicted octanol–water partition coefficient (Wildman–Crippen LogP) is -1.13. The average Bonchev–Trinajstić information content (AvgIpc) is 2.91. The number of piperidine rings is 1. The summed E-state index contributed by atoms with van der Waals surface area (Å²) < 4.78 is 0. The topological polar surface area (TPSA) is 111 Å². The molecule has 1 atom stereocenters. The van der Waals surface area contributed by atoms with Gasteiger partial charge in [0.25, 0.3) is 5.91 Å². The van der Waals surface area contributed by atoms with Crippen LogP contribution in [0.3, 0.4) is 0 Å². The smallest absolute Gasteiger partial charge is 0.255 e. The Labute approximate surface area is 150 Å². The summed E-state index contributed by atoms with van der Waals surface area (Å²) in [5, 5.41) is 18.7. The minimum absolute atomic E-state index is 0.170. The Morgan fingerprint density at radius 1 is 1.27 bits per heavy atom. The maximum atomic E-state index is 12.9. The maximum Gasteiger partial charge on any atom is 0.255 e. The number of hydrogen-bond donors (Lipinski definition) is 4. The highest BCUT2D eigenvalue weighted by Gasteiger charge is 2.40. The van der Waals surface area contributed by atoms with Crippen LogP contribution in [0.5, 0.6) is 0 Å². The van der Waals surface area contributed by atoms with E-state index in [0.717, 1.165) is 11.1 Å². The Morgan fingerprint density at radius 3 is 2.77 bits per heavy atom. The zero-order chi connectivity index (χ0) is 18.3. The molecule has 0 bridgehead atoms. The molecule has 1 aromatic carbocycles. The Kier molecular flexibility index (Phi) is 4.26. The van der Waals surface area contributed by atoms with E-state index in [1.165, 1.54) is 0 Å². The monoisotopic (exact) mass is 358 g/mol. The van der Waals surface area contributed by atoms with Crippen LogP contribution in [0.15, 0.2) is 18.2 Å². The van der Waals surface area contributed by atoms with Gasteiger partial charge in [-0.15, -0.1) is 0 Å². The van der Waals surface area contributed by atoms with Crippen molar-refractivity contribution in [2.24, 2.45) is 0 Å². The van der Waals surface area contributed by atoms with Gasteiger partial charge in [-0.2, -0.15) is 0 Å². The average molecular weight is 358 g/mol. The molecule has 8 heteroatoms. The molecule has 4 N–H and O–H groups in total. The molecule has 3 heterocycles. The molecule has 0 radical (unpaired) electrons. The molecular weight excluding hydrogens is 336 g/mol. The van der Waals surface area contributed by atoms with Crippen molar-refractivity contribution in [2.45, 2.75) is 37.6 Å². The number of carbonyl (C=O) groups excluding carboxylic acids is 3. The number of imide groups is 1. The molecule has 3 amide bonds. The van der Waals surface area contributed by atoms with Gasteiger partial charge >= 0.3 is 0 Å². The molecule has 0 spiro atoms. The summed E-state index contributed by atoms with van der Waals surface area (Å²) in [5.41, 5.74) is 1.66. The molecule has 2 fully saturated rings. The SMILES string of the molecule is O=C1CCC(N2Cc3cccc(CNCC4(O)CNC4)c3C2=O)C(=O)N1. The van der Waals surface area contributed by atoms with Gasteiger partial charge in [0.2, 0.25) is 11.8 Å². The highest BCUT2D eigenvalue weighted by molar-refractivity contribution is 6.05. The Bertz CT molecular complexity index is 774. The summed E-state index contributed by atoms with van der Waals surface area (Å²) in [5.74, 6) is -0.860. The first-order valence-electron chi connectivity index (χ1n) is 8.86. The standard InChI is InChI=1S/C18H22N4O4/c23-14-5-4-13(16(24)21-14)22-7-12-3-1-2-11(15(12)17(22)25)6-19-8-18(26)9-20-10-18/h1-3,13,19-20,26H,4-10H2,(H,21,23,24). The molecule has 3 aliphatic rings. The first-order chi connectivity index (χ1) is 12.5. The second-order valence-corrected chi connectivity index (χ2v) is 7.28. The highest BCUT2D eigenvalue weighted by atomic mass is 16.3. The van der Waals surface area contributed by atoms with Crippen LogP contribution in [0.4, 0.5) is 0 Å². The van der Waals surface area contributed by atoms with Crippen LogP contribution in [0.2, 0.25) is 0 Å². The van der Waals surface area contributed by atoms with Crippen molar-refractivity contribution < 1.29 is 19.5 Å². The molecular formula is C18H22N4O4. The van der Waals surface area contributed by atoms with Crippen LogP contribution in [-0.4, -0.2) is 59.0 Å². The lowest BCUT2D eigenvalue weighted by atomic mass is 9.97. The third-order valence-electron chi connectivity index (χ3n) is 5.32. The molecule has 0 aromatic heterocycles. The fourth-order valence-corrected chi connectivity index (χ4v) is 3.81. The van der Waals surface area contributed by atoms with Gasteiger partial charge < -0.3 is 20.6 Å². The van der Waals surface area contributed by atoms with Crippen molar-refractivity contribution in [3.05, 3.63) is 34.9 Å². The molecule has 1 unspecified atom stereocenters. The Balaban J connectivity index is 1.47. The lowest BCUT2D eigenvalue weighted by Gasteiger charge is -2.37. The quantitative estimate of drug-likeness (QED) is 0.496. The van der Waals surface area contributed by atoms with Crippen molar-refractivity contribution in [3.8, 4) is 0 Å². The van der Waals surface area contributed by atoms with E-state index in [0.29, 0.717) is 44.7 Å². The molecule has 138 valence electrons. The zero-order valence-corrected chi connectivity index (χ0v) is 14.4. The lowest BCUT2D eigenvalue weighted by molar-refractivity contribution is -0.136. The van der Waals surface area contributed by atoms with Gasteiger partial charge in [-0.25, -0.2) is 0 Å². The van der Waals surface area contributed by atoms with Crippen LogP contribution in [0.1, 0.15) is 34.3 Å². The molecule has 26 heavy (non-hydrogen) atoms. The molecule has 8 nitrogen and oxygen atoms in total. The zero-order valence-electron chi connectivity index (χ0n) is 14.4. The van der Waals surface area contributed by atoms with Gasteiger partial charge in [0.1, 0.15) is 11.6 Å². The number of nitrogens with one attached hydrogen (secondary N) is 3. The molecule has 2 saturated heterocycles. The number of rotatable bonds is 5. The van der Waals surface area contributed by atoms with Crippen LogP contribution >= 0.6 is 0 Å². The minimum Gasteiger partial charge on any atom is -0.386 e. The van der Waals surface area contributed by atoms with E-state index in [1.807, 2.05) is 18.2 Å². The molecule has 0 saturated carbocycles. The second kappa shape index (κ2) is 6.46. The minimum atomic E-state index is -0.722. The lowest BCUT2D eigenvalue weighted by Crippen LogP contribution is -2.64. The number of β-amino-alcohol motifs (C(OH)–C–C–N with tert-alkyl or cyclic N) is 1. The van der Waals surface area contributed by atoms with Gasteiger partial charge in [0, 0.05) is 44.7 Å². The number of fused-ring (bicyclic) bond motifs is 1. The number of aliphatic hydroxyl groups is 1. The number of hydrogen-bond acceptors (Lipinski definition) is 6. The third-order valence-corrected chi connectivity index (χ3v) is 5.32. The maximum absolute atomic E-state index is 12.9. The fourth-order valence-electron chi connectivity index (χ4n) is 3.81. The highest BCUT2D eigenvalue weighted by Crippen LogP contribution is 2.29. The van der Waals surface area contributed by atoms with Gasteiger partial charge in [-0.05, 0) is 17.5 Å². The van der Waals surface area contributed by atoms with Crippen LogP contribution < -0.4 is 16.0 Å². The van der Waals surface area contributed by atoms with E-state index in [4.69, 9.17) is 0 Å². The van der Waals surface area contributed by atoms with Gasteiger partial charge in [0.15, 0.2) is 0 Å². The largest absolute Gasteiger partial charge is 0.386 e. The Hall–Kier alpha value is -2.29. The molecule has 0 aliphatic carbocycles. The second-order valence-electron chi connectivity index (χ2n) is 7.28. The van der Waals surface area contributed by atoms with Crippen molar-refractivity contribution >= 4 is 17.7 Å². The number of benzene rings is 1. The van der Waals surface area contributed by atoms with Crippen molar-refractivity contribution in [1.29, 1.82) is 0 Å². The summed E-state index contributed by atoms with van der Waals surface area (Å²) in [6, 6.07) is 5.08. The van der Waals surface area contributed by atoms with Crippen LogP contribution in [0.25, 0.3) is 0 Å². The van der Waals surface area contributed by atoms with E-state index in [1.54, 1.807) is 4.90 Å². The normalized spacial score (nSPS) is 24.3. The number of nitrogens with zero attached hydrogens (tertiary/aromatic N) is 1. The van der Waals surface area contributed by atoms with E-state index in [9.17, 15) is 19.5 Å². The molecule has 4 rings (SSSR count). The fraction of sp³-hybridized carbons (Fsp3) is 0.500. The van der Waals surface area contributed by atoms with E-state index in [-0.39, 0.29) is 18.2 Å². The van der Waals surface area contributed by atoms with Gasteiger partial charge in [-0.1, -0.05) is 18.2 Å². The number of amides is 3. The summed E-state index contributed by atoms with van der Waals surface area (Å²) in [6.45, 7) is 2.43. The van der Waals surface area contributed by atoms with Gasteiger partial charge in [-0.3, -0.25) is 19.7 Å². The predicted molar refractivity (Wildman–Crippen MR) is 92.0 cm³/mol. The first-order valence-corrected chi connectivity index (χ1v) is 8.86. The van der Waals surface area contributed by atoms with Crippen LogP contribution in [-0.2, 0) is 22.7 Å². The molecule has 1 aromatic rings. The van der Waals surface area contributed by atoms with E-state index in [2.05, 4.69) is 16.0 Å². The first kappa shape index (κ1) is 17.1. The van der Waals surface area contributed by atoms with Crippen molar-refractivity contribution in [1.82, 2.24) is 20.9 Å².